The molecule has 0 spiro atoms. The monoisotopic (exact) mass is 313 g/mol. The second kappa shape index (κ2) is 5.97. The van der Waals surface area contributed by atoms with Gasteiger partial charge in [0.1, 0.15) is 5.52 Å². The van der Waals surface area contributed by atoms with E-state index in [4.69, 9.17) is 9.40 Å². The molecule has 0 aliphatic carbocycles. The summed E-state index contributed by atoms with van der Waals surface area (Å²) in [5.41, 5.74) is 6.60. The summed E-state index contributed by atoms with van der Waals surface area (Å²) in [6, 6.07) is 25.0. The van der Waals surface area contributed by atoms with Crippen LogP contribution in [0.3, 0.4) is 0 Å². The molecule has 0 aliphatic heterocycles. The standard InChI is InChI=1S/C22H19NO/c1-15-13-19-20(14-16(15)2)24-22(23-19)21(17-9-5-3-6-10-17)18-11-7-4-8-12-18/h3-14,21H,1-2H3. The molecule has 0 N–H and O–H groups in total. The van der Waals surface area contributed by atoms with Crippen LogP contribution < -0.4 is 0 Å². The number of hydrogen-bond donors (Lipinski definition) is 0. The van der Waals surface area contributed by atoms with Crippen molar-refractivity contribution < 1.29 is 4.42 Å². The fourth-order valence-electron chi connectivity index (χ4n) is 3.09. The van der Waals surface area contributed by atoms with Crippen LogP contribution >= 0.6 is 0 Å². The van der Waals surface area contributed by atoms with E-state index in [9.17, 15) is 0 Å². The van der Waals surface area contributed by atoms with E-state index in [-0.39, 0.29) is 5.92 Å². The summed E-state index contributed by atoms with van der Waals surface area (Å²) in [7, 11) is 0. The minimum atomic E-state index is 0.000382. The molecule has 118 valence electrons. The SMILES string of the molecule is Cc1cc2nc(C(c3ccccc3)c3ccccc3)oc2cc1C. The van der Waals surface area contributed by atoms with Crippen LogP contribution in [0, 0.1) is 13.8 Å². The first-order valence-electron chi connectivity index (χ1n) is 8.20. The summed E-state index contributed by atoms with van der Waals surface area (Å²) in [5, 5.41) is 0. The molecule has 0 saturated heterocycles. The maximum atomic E-state index is 6.16. The number of hydrogen-bond acceptors (Lipinski definition) is 2. The van der Waals surface area contributed by atoms with E-state index in [0.29, 0.717) is 0 Å². The average molecular weight is 313 g/mol. The number of fused-ring (bicyclic) bond motifs is 1. The number of rotatable bonds is 3. The molecule has 1 heterocycles. The van der Waals surface area contributed by atoms with Crippen LogP contribution in [0.2, 0.25) is 0 Å². The number of aryl methyl sites for hydroxylation is 2. The normalized spacial score (nSPS) is 11.3. The Hall–Kier alpha value is -2.87. The molecule has 0 bridgehead atoms. The van der Waals surface area contributed by atoms with E-state index in [1.54, 1.807) is 0 Å². The van der Waals surface area contributed by atoms with Crippen LogP contribution in [0.25, 0.3) is 11.1 Å². The van der Waals surface area contributed by atoms with Gasteiger partial charge < -0.3 is 4.42 Å². The molecule has 0 atom stereocenters. The molecule has 0 unspecified atom stereocenters. The highest BCUT2D eigenvalue weighted by atomic mass is 16.3. The minimum absolute atomic E-state index is 0.000382. The smallest absolute Gasteiger partial charge is 0.207 e. The van der Waals surface area contributed by atoms with Gasteiger partial charge in [0.05, 0.1) is 5.92 Å². The highest BCUT2D eigenvalue weighted by Crippen LogP contribution is 2.33. The van der Waals surface area contributed by atoms with Gasteiger partial charge in [-0.15, -0.1) is 0 Å². The predicted molar refractivity (Wildman–Crippen MR) is 97.3 cm³/mol. The Morgan fingerprint density at radius 3 is 1.88 bits per heavy atom. The van der Waals surface area contributed by atoms with Crippen LogP contribution in [0.1, 0.15) is 34.1 Å². The summed E-state index contributed by atoms with van der Waals surface area (Å²) in [4.78, 5) is 4.80. The Morgan fingerprint density at radius 1 is 0.750 bits per heavy atom. The topological polar surface area (TPSA) is 26.0 Å². The lowest BCUT2D eigenvalue weighted by Gasteiger charge is -2.14. The van der Waals surface area contributed by atoms with Crippen LogP contribution in [-0.4, -0.2) is 4.98 Å². The van der Waals surface area contributed by atoms with Crippen molar-refractivity contribution in [2.75, 3.05) is 0 Å². The van der Waals surface area contributed by atoms with E-state index >= 15 is 0 Å². The van der Waals surface area contributed by atoms with E-state index in [1.807, 2.05) is 12.1 Å². The van der Waals surface area contributed by atoms with Gasteiger partial charge >= 0.3 is 0 Å². The molecule has 1 aromatic heterocycles. The van der Waals surface area contributed by atoms with E-state index in [0.717, 1.165) is 17.0 Å². The zero-order chi connectivity index (χ0) is 16.5. The first-order chi connectivity index (χ1) is 11.7. The highest BCUT2D eigenvalue weighted by molar-refractivity contribution is 5.75. The molecular formula is C22H19NO. The second-order valence-corrected chi connectivity index (χ2v) is 6.21. The van der Waals surface area contributed by atoms with Crippen molar-refractivity contribution in [3.05, 3.63) is 101 Å². The van der Waals surface area contributed by atoms with Crippen molar-refractivity contribution in [1.82, 2.24) is 4.98 Å². The minimum Gasteiger partial charge on any atom is -0.440 e. The lowest BCUT2D eigenvalue weighted by molar-refractivity contribution is 0.522. The van der Waals surface area contributed by atoms with Crippen molar-refractivity contribution in [3.8, 4) is 0 Å². The number of benzene rings is 3. The van der Waals surface area contributed by atoms with E-state index in [2.05, 4.69) is 74.5 Å². The summed E-state index contributed by atoms with van der Waals surface area (Å²) in [6.07, 6.45) is 0. The molecule has 3 aromatic carbocycles. The van der Waals surface area contributed by atoms with Gasteiger partial charge in [0.25, 0.3) is 0 Å². The van der Waals surface area contributed by atoms with Crippen LogP contribution in [-0.2, 0) is 0 Å². The predicted octanol–water partition coefficient (Wildman–Crippen LogP) is 5.62. The van der Waals surface area contributed by atoms with Gasteiger partial charge in [-0.1, -0.05) is 60.7 Å². The van der Waals surface area contributed by atoms with Crippen molar-refractivity contribution in [1.29, 1.82) is 0 Å². The molecule has 0 aliphatic rings. The zero-order valence-electron chi connectivity index (χ0n) is 13.9. The molecule has 2 nitrogen and oxygen atoms in total. The van der Waals surface area contributed by atoms with Crippen LogP contribution in [0.5, 0.6) is 0 Å². The molecular weight excluding hydrogens is 294 g/mol. The van der Waals surface area contributed by atoms with Gasteiger partial charge in [-0.3, -0.25) is 0 Å². The highest BCUT2D eigenvalue weighted by Gasteiger charge is 2.22. The molecule has 4 aromatic rings. The Kier molecular flexibility index (Phi) is 3.66. The first kappa shape index (κ1) is 14.7. The van der Waals surface area contributed by atoms with Crippen molar-refractivity contribution in [2.45, 2.75) is 19.8 Å². The van der Waals surface area contributed by atoms with E-state index < -0.39 is 0 Å². The van der Waals surface area contributed by atoms with Gasteiger partial charge in [0.2, 0.25) is 5.89 Å². The fraction of sp³-hybridized carbons (Fsp3) is 0.136. The maximum Gasteiger partial charge on any atom is 0.207 e. The average Bonchev–Trinajstić information content (AvgIpc) is 2.99. The van der Waals surface area contributed by atoms with Crippen molar-refractivity contribution >= 4 is 11.1 Å². The largest absolute Gasteiger partial charge is 0.440 e. The second-order valence-electron chi connectivity index (χ2n) is 6.21. The lowest BCUT2D eigenvalue weighted by Crippen LogP contribution is -2.03. The third-order valence-electron chi connectivity index (χ3n) is 4.53. The number of oxazole rings is 1. The Labute approximate surface area is 141 Å². The Balaban J connectivity index is 1.91. The van der Waals surface area contributed by atoms with Crippen LogP contribution in [0.15, 0.2) is 77.2 Å². The summed E-state index contributed by atoms with van der Waals surface area (Å²) in [6.45, 7) is 4.21. The van der Waals surface area contributed by atoms with Gasteiger partial charge in [-0.2, -0.15) is 0 Å². The Bertz CT molecular complexity index is 892. The Morgan fingerprint density at radius 2 is 1.29 bits per heavy atom. The molecule has 2 heteroatoms. The van der Waals surface area contributed by atoms with Gasteiger partial charge in [0.15, 0.2) is 5.58 Å². The van der Waals surface area contributed by atoms with Gasteiger partial charge in [0, 0.05) is 0 Å². The maximum absolute atomic E-state index is 6.16. The number of aromatic nitrogens is 1. The summed E-state index contributed by atoms with van der Waals surface area (Å²) < 4.78 is 6.16. The van der Waals surface area contributed by atoms with Gasteiger partial charge in [-0.25, -0.2) is 4.98 Å². The lowest BCUT2D eigenvalue weighted by atomic mass is 9.91. The van der Waals surface area contributed by atoms with Crippen LogP contribution in [0.4, 0.5) is 0 Å². The molecule has 0 saturated carbocycles. The number of nitrogens with zero attached hydrogens (tertiary/aromatic N) is 1. The quantitative estimate of drug-likeness (QED) is 0.490. The van der Waals surface area contributed by atoms with Crippen molar-refractivity contribution in [3.63, 3.8) is 0 Å². The third-order valence-corrected chi connectivity index (χ3v) is 4.53. The zero-order valence-corrected chi connectivity index (χ0v) is 13.9. The summed E-state index contributed by atoms with van der Waals surface area (Å²) in [5.74, 6) is 0.743. The van der Waals surface area contributed by atoms with E-state index in [1.165, 1.54) is 22.3 Å². The van der Waals surface area contributed by atoms with Gasteiger partial charge in [-0.05, 0) is 48.2 Å². The fourth-order valence-corrected chi connectivity index (χ4v) is 3.09. The molecule has 4 rings (SSSR count). The molecule has 0 radical (unpaired) electrons. The third kappa shape index (κ3) is 2.61. The molecule has 0 amide bonds. The van der Waals surface area contributed by atoms with Crippen molar-refractivity contribution in [2.24, 2.45) is 0 Å². The molecule has 0 fully saturated rings. The first-order valence-corrected chi connectivity index (χ1v) is 8.20. The molecule has 24 heavy (non-hydrogen) atoms. The summed E-state index contributed by atoms with van der Waals surface area (Å²) >= 11 is 0.